The number of rotatable bonds is 3. The highest BCUT2D eigenvalue weighted by Gasteiger charge is 2.36. The molecule has 0 aromatic heterocycles. The molecule has 3 heterocycles. The van der Waals surface area contributed by atoms with E-state index in [-0.39, 0.29) is 11.9 Å². The van der Waals surface area contributed by atoms with E-state index < -0.39 is 0 Å². The number of hydrogen-bond acceptors (Lipinski definition) is 6. The molecule has 3 aliphatic rings. The number of amides is 1. The fourth-order valence-electron chi connectivity index (χ4n) is 3.66. The summed E-state index contributed by atoms with van der Waals surface area (Å²) in [6, 6.07) is 14.5. The van der Waals surface area contributed by atoms with Crippen LogP contribution in [0.15, 0.2) is 47.6 Å². The van der Waals surface area contributed by atoms with Crippen LogP contribution < -0.4 is 25.7 Å². The predicted octanol–water partition coefficient (Wildman–Crippen LogP) is 1.77. The molecule has 1 unspecified atom stereocenters. The summed E-state index contributed by atoms with van der Waals surface area (Å²) in [6.45, 7) is 4.10. The van der Waals surface area contributed by atoms with Crippen LogP contribution in [-0.4, -0.2) is 43.5 Å². The second-order valence-corrected chi connectivity index (χ2v) is 7.07. The van der Waals surface area contributed by atoms with Gasteiger partial charge in [-0.05, 0) is 24.6 Å². The van der Waals surface area contributed by atoms with Gasteiger partial charge in [-0.2, -0.15) is 5.10 Å². The van der Waals surface area contributed by atoms with Crippen LogP contribution in [-0.2, 0) is 4.79 Å². The lowest BCUT2D eigenvalue weighted by Gasteiger charge is -2.39. The Morgan fingerprint density at radius 2 is 2.04 bits per heavy atom. The van der Waals surface area contributed by atoms with E-state index in [0.29, 0.717) is 12.6 Å². The number of anilines is 2. The Morgan fingerprint density at radius 1 is 1.22 bits per heavy atom. The number of carbonyl (C=O) groups excluding carboxylic acids is 1. The number of nitrogens with zero attached hydrogens (tertiary/aromatic N) is 2. The molecule has 0 aliphatic carbocycles. The standard InChI is InChI=1S/C20H21N5O2/c1-12-20(26)24-23-19-11-27-18-7-15(13-5-3-2-4-6-13)16(8-17(18)25(12)19)22-14-9-21-10-14/h2-8,12,14,21-22H,9-11H2,1H3,(H,24,26). The van der Waals surface area contributed by atoms with Gasteiger partial charge in [0, 0.05) is 24.3 Å². The first-order chi connectivity index (χ1) is 13.2. The Morgan fingerprint density at radius 3 is 2.78 bits per heavy atom. The van der Waals surface area contributed by atoms with Crippen LogP contribution in [0.4, 0.5) is 11.4 Å². The van der Waals surface area contributed by atoms with Crippen molar-refractivity contribution in [3.8, 4) is 16.9 Å². The molecule has 7 nitrogen and oxygen atoms in total. The average molecular weight is 363 g/mol. The van der Waals surface area contributed by atoms with Gasteiger partial charge in [0.05, 0.1) is 11.7 Å². The lowest BCUT2D eigenvalue weighted by molar-refractivity contribution is -0.122. The highest BCUT2D eigenvalue weighted by molar-refractivity contribution is 6.10. The molecule has 7 heteroatoms. The van der Waals surface area contributed by atoms with Gasteiger partial charge in [-0.15, -0.1) is 0 Å². The van der Waals surface area contributed by atoms with E-state index in [0.717, 1.165) is 47.2 Å². The van der Waals surface area contributed by atoms with E-state index in [4.69, 9.17) is 4.74 Å². The molecule has 3 aliphatic heterocycles. The van der Waals surface area contributed by atoms with Crippen molar-refractivity contribution < 1.29 is 9.53 Å². The minimum absolute atomic E-state index is 0.114. The Hall–Kier alpha value is -3.06. The molecule has 138 valence electrons. The summed E-state index contributed by atoms with van der Waals surface area (Å²) in [4.78, 5) is 14.1. The molecule has 1 atom stereocenters. The van der Waals surface area contributed by atoms with Gasteiger partial charge in [-0.25, -0.2) is 5.43 Å². The van der Waals surface area contributed by atoms with E-state index in [2.05, 4.69) is 45.4 Å². The van der Waals surface area contributed by atoms with Crippen LogP contribution in [0.25, 0.3) is 11.1 Å². The molecule has 0 saturated carbocycles. The molecule has 1 fully saturated rings. The zero-order valence-electron chi connectivity index (χ0n) is 15.0. The van der Waals surface area contributed by atoms with E-state index >= 15 is 0 Å². The molecular weight excluding hydrogens is 342 g/mol. The minimum atomic E-state index is -0.332. The summed E-state index contributed by atoms with van der Waals surface area (Å²) in [5, 5.41) is 11.1. The fraction of sp³-hybridized carbons (Fsp3) is 0.300. The van der Waals surface area contributed by atoms with Gasteiger partial charge in [0.2, 0.25) is 0 Å². The lowest BCUT2D eigenvalue weighted by atomic mass is 9.99. The van der Waals surface area contributed by atoms with E-state index in [1.807, 2.05) is 30.0 Å². The largest absolute Gasteiger partial charge is 0.483 e. The molecule has 0 radical (unpaired) electrons. The fourth-order valence-corrected chi connectivity index (χ4v) is 3.66. The summed E-state index contributed by atoms with van der Waals surface area (Å²) < 4.78 is 5.98. The smallest absolute Gasteiger partial charge is 0.262 e. The van der Waals surface area contributed by atoms with Gasteiger partial charge in [0.1, 0.15) is 18.4 Å². The Labute approximate surface area is 157 Å². The number of carbonyl (C=O) groups is 1. The molecule has 1 amide bonds. The molecule has 5 rings (SSSR count). The maximum absolute atomic E-state index is 12.1. The monoisotopic (exact) mass is 363 g/mol. The normalized spacial score (nSPS) is 21.2. The number of fused-ring (bicyclic) bond motifs is 3. The number of hydrazone groups is 1. The van der Waals surface area contributed by atoms with Gasteiger partial charge in [-0.3, -0.25) is 4.79 Å². The van der Waals surface area contributed by atoms with E-state index in [9.17, 15) is 4.79 Å². The Kier molecular flexibility index (Phi) is 3.75. The number of ether oxygens (including phenoxy) is 1. The second-order valence-electron chi connectivity index (χ2n) is 7.07. The van der Waals surface area contributed by atoms with E-state index in [1.54, 1.807) is 0 Å². The van der Waals surface area contributed by atoms with Crippen molar-refractivity contribution in [3.05, 3.63) is 42.5 Å². The maximum Gasteiger partial charge on any atom is 0.262 e. The molecule has 0 bridgehead atoms. The third kappa shape index (κ3) is 2.71. The molecule has 27 heavy (non-hydrogen) atoms. The summed E-state index contributed by atoms with van der Waals surface area (Å²) in [5.74, 6) is 1.38. The molecular formula is C20H21N5O2. The first kappa shape index (κ1) is 16.1. The number of amidine groups is 1. The third-order valence-electron chi connectivity index (χ3n) is 5.28. The zero-order chi connectivity index (χ0) is 18.4. The first-order valence-corrected chi connectivity index (χ1v) is 9.20. The number of benzene rings is 2. The van der Waals surface area contributed by atoms with Crippen LogP contribution in [0.5, 0.6) is 5.75 Å². The summed E-state index contributed by atoms with van der Waals surface area (Å²) in [6.07, 6.45) is 0. The SMILES string of the molecule is CC1C(=O)NN=C2COc3cc(-c4ccccc4)c(NC4CNC4)cc3N21. The van der Waals surface area contributed by atoms with Crippen LogP contribution in [0.1, 0.15) is 6.92 Å². The highest BCUT2D eigenvalue weighted by Crippen LogP contribution is 2.42. The van der Waals surface area contributed by atoms with Crippen molar-refractivity contribution in [2.45, 2.75) is 19.0 Å². The predicted molar refractivity (Wildman–Crippen MR) is 105 cm³/mol. The lowest BCUT2D eigenvalue weighted by Crippen LogP contribution is -2.55. The number of nitrogens with one attached hydrogen (secondary N) is 3. The second kappa shape index (κ2) is 6.28. The average Bonchev–Trinajstić information content (AvgIpc) is 2.67. The molecule has 3 N–H and O–H groups in total. The van der Waals surface area contributed by atoms with Crippen molar-refractivity contribution in [1.29, 1.82) is 0 Å². The first-order valence-electron chi connectivity index (χ1n) is 9.20. The molecule has 2 aromatic rings. The van der Waals surface area contributed by atoms with Gasteiger partial charge in [-0.1, -0.05) is 30.3 Å². The third-order valence-corrected chi connectivity index (χ3v) is 5.28. The van der Waals surface area contributed by atoms with Gasteiger partial charge in [0.25, 0.3) is 5.91 Å². The van der Waals surface area contributed by atoms with Crippen LogP contribution in [0, 0.1) is 0 Å². The highest BCUT2D eigenvalue weighted by atomic mass is 16.5. The minimum Gasteiger partial charge on any atom is -0.483 e. The van der Waals surface area contributed by atoms with Crippen LogP contribution in [0.3, 0.4) is 0 Å². The summed E-state index contributed by atoms with van der Waals surface area (Å²) in [7, 11) is 0. The van der Waals surface area contributed by atoms with Crippen molar-refractivity contribution in [2.24, 2.45) is 5.10 Å². The quantitative estimate of drug-likeness (QED) is 0.775. The number of hydrogen-bond donors (Lipinski definition) is 3. The topological polar surface area (TPSA) is 78.0 Å². The Balaban J connectivity index is 1.63. The van der Waals surface area contributed by atoms with Gasteiger partial charge in [0.15, 0.2) is 5.84 Å². The van der Waals surface area contributed by atoms with Gasteiger partial charge >= 0.3 is 0 Å². The van der Waals surface area contributed by atoms with Crippen molar-refractivity contribution in [2.75, 3.05) is 29.9 Å². The summed E-state index contributed by atoms with van der Waals surface area (Å²) in [5.41, 5.74) is 6.70. The summed E-state index contributed by atoms with van der Waals surface area (Å²) >= 11 is 0. The Bertz CT molecular complexity index is 923. The molecule has 2 aromatic carbocycles. The maximum atomic E-state index is 12.1. The van der Waals surface area contributed by atoms with Crippen molar-refractivity contribution >= 4 is 23.1 Å². The molecule has 1 saturated heterocycles. The van der Waals surface area contributed by atoms with Crippen molar-refractivity contribution in [1.82, 2.24) is 10.7 Å². The van der Waals surface area contributed by atoms with Gasteiger partial charge < -0.3 is 20.3 Å². The zero-order valence-corrected chi connectivity index (χ0v) is 15.0. The van der Waals surface area contributed by atoms with Crippen LogP contribution >= 0.6 is 0 Å². The van der Waals surface area contributed by atoms with Crippen LogP contribution in [0.2, 0.25) is 0 Å². The molecule has 0 spiro atoms. The van der Waals surface area contributed by atoms with Crippen molar-refractivity contribution in [3.63, 3.8) is 0 Å². The van der Waals surface area contributed by atoms with E-state index in [1.165, 1.54) is 0 Å².